The van der Waals surface area contributed by atoms with Crippen LogP contribution in [0.1, 0.15) is 59.8 Å². The number of carbonyl (C=O) groups is 1. The van der Waals surface area contributed by atoms with Gasteiger partial charge in [0.15, 0.2) is 0 Å². The third-order valence-corrected chi connectivity index (χ3v) is 6.51. The lowest BCUT2D eigenvalue weighted by molar-refractivity contribution is -0.115. The van der Waals surface area contributed by atoms with Crippen LogP contribution >= 0.6 is 0 Å². The van der Waals surface area contributed by atoms with E-state index in [9.17, 15) is 15.0 Å². The summed E-state index contributed by atoms with van der Waals surface area (Å²) in [5.74, 6) is 0.227. The van der Waals surface area contributed by atoms with Crippen LogP contribution in [0.15, 0.2) is 24.3 Å². The summed E-state index contributed by atoms with van der Waals surface area (Å²) in [6.45, 7) is 12.1. The van der Waals surface area contributed by atoms with Crippen molar-refractivity contribution in [3.63, 3.8) is 0 Å². The fourth-order valence-electron chi connectivity index (χ4n) is 5.32. The van der Waals surface area contributed by atoms with Gasteiger partial charge >= 0.3 is 0 Å². The molecule has 5 atom stereocenters. The van der Waals surface area contributed by atoms with Crippen LogP contribution in [0.25, 0.3) is 0 Å². The highest BCUT2D eigenvalue weighted by Gasteiger charge is 2.55. The Bertz CT molecular complexity index is 503. The van der Waals surface area contributed by atoms with Crippen LogP contribution in [0.5, 0.6) is 0 Å². The lowest BCUT2D eigenvalue weighted by Crippen LogP contribution is -2.54. The van der Waals surface area contributed by atoms with E-state index in [-0.39, 0.29) is 22.7 Å². The van der Waals surface area contributed by atoms with Crippen molar-refractivity contribution in [2.24, 2.45) is 22.7 Å². The molecule has 0 aromatic heterocycles. The van der Waals surface area contributed by atoms with Gasteiger partial charge in [0.25, 0.3) is 0 Å². The molecule has 0 spiro atoms. The molecule has 0 radical (unpaired) electrons. The number of fused-ring (bicyclic) bond motifs is 1. The SMILES string of the molecule is C=CC(C)(O)CCC1C(C=O)=CC(O)C2C(C)(C)CCCC12C. The van der Waals surface area contributed by atoms with E-state index in [1.165, 1.54) is 0 Å². The Kier molecular flexibility index (Phi) is 4.94. The van der Waals surface area contributed by atoms with Crippen LogP contribution in [0.2, 0.25) is 0 Å². The van der Waals surface area contributed by atoms with Gasteiger partial charge < -0.3 is 10.2 Å². The lowest BCUT2D eigenvalue weighted by Gasteiger charge is -2.58. The minimum absolute atomic E-state index is 0.0521. The number of aliphatic hydroxyl groups is 2. The third kappa shape index (κ3) is 3.32. The van der Waals surface area contributed by atoms with Gasteiger partial charge in [-0.25, -0.2) is 0 Å². The predicted octanol–water partition coefficient (Wildman–Crippen LogP) is 3.65. The molecule has 1 fully saturated rings. The summed E-state index contributed by atoms with van der Waals surface area (Å²) in [7, 11) is 0. The molecule has 3 nitrogen and oxygen atoms in total. The largest absolute Gasteiger partial charge is 0.389 e. The molecule has 0 amide bonds. The van der Waals surface area contributed by atoms with Crippen LogP contribution in [-0.2, 0) is 4.79 Å². The van der Waals surface area contributed by atoms with Gasteiger partial charge in [0.2, 0.25) is 0 Å². The van der Waals surface area contributed by atoms with Crippen molar-refractivity contribution < 1.29 is 15.0 Å². The molecule has 0 aromatic carbocycles. The Morgan fingerprint density at radius 3 is 2.61 bits per heavy atom. The summed E-state index contributed by atoms with van der Waals surface area (Å²) < 4.78 is 0. The highest BCUT2D eigenvalue weighted by atomic mass is 16.3. The Balaban J connectivity index is 2.39. The minimum Gasteiger partial charge on any atom is -0.389 e. The Labute approximate surface area is 140 Å². The molecule has 2 N–H and O–H groups in total. The van der Waals surface area contributed by atoms with Gasteiger partial charge in [-0.1, -0.05) is 33.3 Å². The molecule has 23 heavy (non-hydrogen) atoms. The number of aldehydes is 1. The molecule has 0 saturated heterocycles. The summed E-state index contributed by atoms with van der Waals surface area (Å²) >= 11 is 0. The molecule has 2 aliphatic carbocycles. The minimum atomic E-state index is -0.917. The second-order valence-electron chi connectivity index (χ2n) is 8.75. The van der Waals surface area contributed by atoms with Gasteiger partial charge in [-0.15, -0.1) is 6.58 Å². The fraction of sp³-hybridized carbons (Fsp3) is 0.750. The van der Waals surface area contributed by atoms with E-state index in [1.807, 2.05) is 0 Å². The average Bonchev–Trinajstić information content (AvgIpc) is 2.44. The van der Waals surface area contributed by atoms with Gasteiger partial charge in [0.05, 0.1) is 11.7 Å². The third-order valence-electron chi connectivity index (χ3n) is 6.51. The first-order chi connectivity index (χ1) is 10.6. The summed E-state index contributed by atoms with van der Waals surface area (Å²) in [4.78, 5) is 11.6. The van der Waals surface area contributed by atoms with E-state index in [4.69, 9.17) is 0 Å². The van der Waals surface area contributed by atoms with Crippen LogP contribution in [0.3, 0.4) is 0 Å². The Hall–Kier alpha value is -0.930. The van der Waals surface area contributed by atoms with Crippen molar-refractivity contribution in [3.8, 4) is 0 Å². The molecule has 2 rings (SSSR count). The van der Waals surface area contributed by atoms with Gasteiger partial charge in [-0.3, -0.25) is 4.79 Å². The van der Waals surface area contributed by atoms with Gasteiger partial charge in [0, 0.05) is 0 Å². The normalized spacial score (nSPS) is 38.9. The van der Waals surface area contributed by atoms with Gasteiger partial charge in [-0.2, -0.15) is 0 Å². The van der Waals surface area contributed by atoms with E-state index in [2.05, 4.69) is 27.4 Å². The molecule has 2 aliphatic rings. The quantitative estimate of drug-likeness (QED) is 0.600. The Morgan fingerprint density at radius 1 is 1.39 bits per heavy atom. The molecule has 5 unspecified atom stereocenters. The number of rotatable bonds is 5. The first kappa shape index (κ1) is 18.4. The summed E-state index contributed by atoms with van der Waals surface area (Å²) in [6, 6.07) is 0. The first-order valence-corrected chi connectivity index (χ1v) is 8.78. The highest BCUT2D eigenvalue weighted by Crippen LogP contribution is 2.60. The van der Waals surface area contributed by atoms with Gasteiger partial charge in [0.1, 0.15) is 6.29 Å². The zero-order valence-electron chi connectivity index (χ0n) is 15.0. The summed E-state index contributed by atoms with van der Waals surface area (Å²) in [5, 5.41) is 21.0. The first-order valence-electron chi connectivity index (χ1n) is 8.78. The zero-order chi connectivity index (χ0) is 17.5. The molecule has 3 heteroatoms. The molecule has 0 aromatic rings. The molecule has 0 bridgehead atoms. The average molecular weight is 320 g/mol. The second-order valence-corrected chi connectivity index (χ2v) is 8.75. The maximum atomic E-state index is 11.6. The zero-order valence-corrected chi connectivity index (χ0v) is 15.0. The molecule has 0 heterocycles. The summed E-state index contributed by atoms with van der Waals surface area (Å²) in [5.41, 5.74) is -0.270. The number of hydrogen-bond acceptors (Lipinski definition) is 3. The standard InChI is InChI=1S/C20H32O3/c1-6-19(4,23)11-8-15-14(13-21)12-16(22)17-18(2,3)9-7-10-20(15,17)5/h6,12-13,15-17,22-23H,1,7-11H2,2-5H3. The van der Waals surface area contributed by atoms with Crippen LogP contribution < -0.4 is 0 Å². The van der Waals surface area contributed by atoms with E-state index in [0.29, 0.717) is 12.0 Å². The van der Waals surface area contributed by atoms with Crippen LogP contribution in [-0.4, -0.2) is 28.2 Å². The molecule has 1 saturated carbocycles. The van der Waals surface area contributed by atoms with Crippen molar-refractivity contribution in [3.05, 3.63) is 24.3 Å². The smallest absolute Gasteiger partial charge is 0.146 e. The number of aliphatic hydroxyl groups excluding tert-OH is 1. The number of hydrogen-bond donors (Lipinski definition) is 2. The Morgan fingerprint density at radius 2 is 2.04 bits per heavy atom. The molecule has 0 aliphatic heterocycles. The molecular formula is C20H32O3. The van der Waals surface area contributed by atoms with Crippen molar-refractivity contribution in [2.75, 3.05) is 0 Å². The molecule has 130 valence electrons. The van der Waals surface area contributed by atoms with Gasteiger partial charge in [-0.05, 0) is 66.9 Å². The van der Waals surface area contributed by atoms with Crippen LogP contribution in [0, 0.1) is 22.7 Å². The van der Waals surface area contributed by atoms with Crippen molar-refractivity contribution >= 4 is 6.29 Å². The lowest BCUT2D eigenvalue weighted by atomic mass is 9.47. The molecular weight excluding hydrogens is 288 g/mol. The second kappa shape index (κ2) is 6.18. The highest BCUT2D eigenvalue weighted by molar-refractivity contribution is 5.75. The fourth-order valence-corrected chi connectivity index (χ4v) is 5.32. The number of allylic oxidation sites excluding steroid dienone is 1. The van der Waals surface area contributed by atoms with E-state index in [1.54, 1.807) is 19.1 Å². The van der Waals surface area contributed by atoms with Crippen LogP contribution in [0.4, 0.5) is 0 Å². The van der Waals surface area contributed by atoms with E-state index >= 15 is 0 Å². The van der Waals surface area contributed by atoms with Crippen molar-refractivity contribution in [2.45, 2.75) is 71.5 Å². The van der Waals surface area contributed by atoms with E-state index in [0.717, 1.165) is 32.0 Å². The summed E-state index contributed by atoms with van der Waals surface area (Å²) in [6.07, 6.45) is 8.22. The monoisotopic (exact) mass is 320 g/mol. The predicted molar refractivity (Wildman–Crippen MR) is 92.9 cm³/mol. The maximum Gasteiger partial charge on any atom is 0.146 e. The van der Waals surface area contributed by atoms with Crippen molar-refractivity contribution in [1.29, 1.82) is 0 Å². The number of carbonyl (C=O) groups excluding carboxylic acids is 1. The van der Waals surface area contributed by atoms with Crippen molar-refractivity contribution in [1.82, 2.24) is 0 Å². The van der Waals surface area contributed by atoms with E-state index < -0.39 is 11.7 Å². The maximum absolute atomic E-state index is 11.6. The topological polar surface area (TPSA) is 57.5 Å².